The standard InChI is InChI=1S/C16H20O3/c1-3-18-16(19-4-2)15(17)14-11-7-9-12-8-5-6-10-13(12)14/h5-11,15-17H,3-4H2,1-2H3. The Morgan fingerprint density at radius 2 is 1.58 bits per heavy atom. The Balaban J connectivity index is 2.36. The Labute approximate surface area is 113 Å². The van der Waals surface area contributed by atoms with Crippen molar-refractivity contribution in [2.24, 2.45) is 0 Å². The Hall–Kier alpha value is -1.42. The van der Waals surface area contributed by atoms with Crippen LogP contribution in [0.3, 0.4) is 0 Å². The second-order valence-corrected chi connectivity index (χ2v) is 4.29. The van der Waals surface area contributed by atoms with Crippen LogP contribution >= 0.6 is 0 Å². The molecule has 0 saturated carbocycles. The predicted molar refractivity (Wildman–Crippen MR) is 75.9 cm³/mol. The van der Waals surface area contributed by atoms with Crippen LogP contribution in [0.1, 0.15) is 25.5 Å². The molecule has 2 aromatic rings. The quantitative estimate of drug-likeness (QED) is 0.810. The summed E-state index contributed by atoms with van der Waals surface area (Å²) in [5.74, 6) is 0. The van der Waals surface area contributed by atoms with Gasteiger partial charge in [-0.3, -0.25) is 0 Å². The van der Waals surface area contributed by atoms with Crippen molar-refractivity contribution in [3.05, 3.63) is 48.0 Å². The number of benzene rings is 2. The smallest absolute Gasteiger partial charge is 0.187 e. The van der Waals surface area contributed by atoms with Gasteiger partial charge in [0.15, 0.2) is 6.29 Å². The van der Waals surface area contributed by atoms with E-state index in [1.54, 1.807) is 0 Å². The first kappa shape index (κ1) is 14.0. The SMILES string of the molecule is CCOC(OCC)C(O)c1cccc2ccccc12. The van der Waals surface area contributed by atoms with Gasteiger partial charge in [0, 0.05) is 13.2 Å². The Bertz CT molecular complexity index is 513. The maximum Gasteiger partial charge on any atom is 0.187 e. The largest absolute Gasteiger partial charge is 0.383 e. The molecule has 1 N–H and O–H groups in total. The first-order valence-electron chi connectivity index (χ1n) is 6.66. The number of hydrogen-bond donors (Lipinski definition) is 1. The molecule has 102 valence electrons. The summed E-state index contributed by atoms with van der Waals surface area (Å²) in [6.07, 6.45) is -1.41. The lowest BCUT2D eigenvalue weighted by atomic mass is 10.00. The molecule has 2 aromatic carbocycles. The van der Waals surface area contributed by atoms with Gasteiger partial charge in [0.1, 0.15) is 6.10 Å². The van der Waals surface area contributed by atoms with Crippen molar-refractivity contribution in [3.8, 4) is 0 Å². The van der Waals surface area contributed by atoms with Crippen LogP contribution < -0.4 is 0 Å². The van der Waals surface area contributed by atoms with E-state index in [1.165, 1.54) is 0 Å². The minimum absolute atomic E-state index is 0.506. The lowest BCUT2D eigenvalue weighted by Gasteiger charge is -2.23. The van der Waals surface area contributed by atoms with Crippen molar-refractivity contribution < 1.29 is 14.6 Å². The van der Waals surface area contributed by atoms with Crippen LogP contribution in [0, 0.1) is 0 Å². The highest BCUT2D eigenvalue weighted by Crippen LogP contribution is 2.27. The molecule has 0 aliphatic rings. The molecule has 1 atom stereocenters. The molecular weight excluding hydrogens is 240 g/mol. The van der Waals surface area contributed by atoms with Gasteiger partial charge in [-0.25, -0.2) is 0 Å². The summed E-state index contributed by atoms with van der Waals surface area (Å²) in [5, 5.41) is 12.6. The fourth-order valence-corrected chi connectivity index (χ4v) is 2.21. The zero-order chi connectivity index (χ0) is 13.7. The van der Waals surface area contributed by atoms with Gasteiger partial charge in [0.05, 0.1) is 0 Å². The van der Waals surface area contributed by atoms with Crippen LogP contribution in [0.5, 0.6) is 0 Å². The van der Waals surface area contributed by atoms with E-state index in [0.29, 0.717) is 13.2 Å². The second kappa shape index (κ2) is 6.66. The minimum atomic E-state index is -0.786. The minimum Gasteiger partial charge on any atom is -0.383 e. The first-order chi connectivity index (χ1) is 9.27. The molecule has 0 heterocycles. The van der Waals surface area contributed by atoms with Crippen molar-refractivity contribution >= 4 is 10.8 Å². The van der Waals surface area contributed by atoms with Gasteiger partial charge in [-0.1, -0.05) is 42.5 Å². The summed E-state index contributed by atoms with van der Waals surface area (Å²) in [6, 6.07) is 13.9. The summed E-state index contributed by atoms with van der Waals surface area (Å²) >= 11 is 0. The Morgan fingerprint density at radius 1 is 0.947 bits per heavy atom. The van der Waals surface area contributed by atoms with Gasteiger partial charge < -0.3 is 14.6 Å². The lowest BCUT2D eigenvalue weighted by Crippen LogP contribution is -2.25. The molecule has 3 nitrogen and oxygen atoms in total. The predicted octanol–water partition coefficient (Wildman–Crippen LogP) is 3.27. The fraction of sp³-hybridized carbons (Fsp3) is 0.375. The van der Waals surface area contributed by atoms with Crippen LogP contribution in [0.15, 0.2) is 42.5 Å². The maximum atomic E-state index is 10.5. The van der Waals surface area contributed by atoms with E-state index in [9.17, 15) is 5.11 Å². The highest BCUT2D eigenvalue weighted by molar-refractivity contribution is 5.86. The number of hydrogen-bond acceptors (Lipinski definition) is 3. The third-order valence-corrected chi connectivity index (χ3v) is 3.06. The molecule has 1 unspecified atom stereocenters. The van der Waals surface area contributed by atoms with Crippen molar-refractivity contribution in [1.82, 2.24) is 0 Å². The van der Waals surface area contributed by atoms with E-state index in [-0.39, 0.29) is 0 Å². The third kappa shape index (κ3) is 3.13. The molecule has 0 bridgehead atoms. The molecule has 0 saturated heterocycles. The van der Waals surface area contributed by atoms with Crippen molar-refractivity contribution in [2.75, 3.05) is 13.2 Å². The van der Waals surface area contributed by atoms with Crippen molar-refractivity contribution in [1.29, 1.82) is 0 Å². The van der Waals surface area contributed by atoms with E-state index in [1.807, 2.05) is 56.3 Å². The summed E-state index contributed by atoms with van der Waals surface area (Å²) in [4.78, 5) is 0. The number of rotatable bonds is 6. The van der Waals surface area contributed by atoms with Crippen molar-refractivity contribution in [3.63, 3.8) is 0 Å². The first-order valence-corrected chi connectivity index (χ1v) is 6.66. The van der Waals surface area contributed by atoms with Gasteiger partial charge in [-0.05, 0) is 30.2 Å². The molecule has 0 aliphatic carbocycles. The lowest BCUT2D eigenvalue weighted by molar-refractivity contribution is -0.191. The molecule has 19 heavy (non-hydrogen) atoms. The monoisotopic (exact) mass is 260 g/mol. The highest BCUT2D eigenvalue weighted by Gasteiger charge is 2.23. The third-order valence-electron chi connectivity index (χ3n) is 3.06. The van der Waals surface area contributed by atoms with Gasteiger partial charge in [0.2, 0.25) is 0 Å². The molecule has 0 amide bonds. The molecule has 0 aliphatic heterocycles. The van der Waals surface area contributed by atoms with Crippen LogP contribution in [0.25, 0.3) is 10.8 Å². The summed E-state index contributed by atoms with van der Waals surface area (Å²) < 4.78 is 11.0. The number of aliphatic hydroxyl groups is 1. The fourth-order valence-electron chi connectivity index (χ4n) is 2.21. The van der Waals surface area contributed by atoms with E-state index in [4.69, 9.17) is 9.47 Å². The average Bonchev–Trinajstić information content (AvgIpc) is 2.46. The molecule has 0 spiro atoms. The molecule has 0 fully saturated rings. The van der Waals surface area contributed by atoms with Gasteiger partial charge in [0.25, 0.3) is 0 Å². The zero-order valence-electron chi connectivity index (χ0n) is 11.4. The van der Waals surface area contributed by atoms with Crippen LogP contribution in [0.4, 0.5) is 0 Å². The zero-order valence-corrected chi connectivity index (χ0v) is 11.4. The van der Waals surface area contributed by atoms with Gasteiger partial charge in [-0.15, -0.1) is 0 Å². The van der Waals surface area contributed by atoms with Crippen LogP contribution in [0.2, 0.25) is 0 Å². The summed E-state index contributed by atoms with van der Waals surface area (Å²) in [7, 11) is 0. The topological polar surface area (TPSA) is 38.7 Å². The summed E-state index contributed by atoms with van der Waals surface area (Å²) in [5.41, 5.74) is 0.838. The molecule has 0 radical (unpaired) electrons. The number of ether oxygens (including phenoxy) is 2. The van der Waals surface area contributed by atoms with Gasteiger partial charge in [-0.2, -0.15) is 0 Å². The highest BCUT2D eigenvalue weighted by atomic mass is 16.7. The van der Waals surface area contributed by atoms with E-state index >= 15 is 0 Å². The Morgan fingerprint density at radius 3 is 2.26 bits per heavy atom. The number of aliphatic hydroxyl groups excluding tert-OH is 1. The average molecular weight is 260 g/mol. The maximum absolute atomic E-state index is 10.5. The van der Waals surface area contributed by atoms with Crippen LogP contribution in [-0.2, 0) is 9.47 Å². The molecule has 3 heteroatoms. The van der Waals surface area contributed by atoms with Gasteiger partial charge >= 0.3 is 0 Å². The second-order valence-electron chi connectivity index (χ2n) is 4.29. The summed E-state index contributed by atoms with van der Waals surface area (Å²) in [6.45, 7) is 4.79. The van der Waals surface area contributed by atoms with Crippen molar-refractivity contribution in [2.45, 2.75) is 26.2 Å². The molecule has 0 aromatic heterocycles. The molecule has 2 rings (SSSR count). The van der Waals surface area contributed by atoms with E-state index in [2.05, 4.69) is 0 Å². The number of fused-ring (bicyclic) bond motifs is 1. The van der Waals surface area contributed by atoms with E-state index < -0.39 is 12.4 Å². The Kier molecular flexibility index (Phi) is 4.91. The van der Waals surface area contributed by atoms with Crippen LogP contribution in [-0.4, -0.2) is 24.6 Å². The molecular formula is C16H20O3. The normalized spacial score (nSPS) is 13.1. The van der Waals surface area contributed by atoms with E-state index in [0.717, 1.165) is 16.3 Å².